The Morgan fingerprint density at radius 3 is 2.72 bits per heavy atom. The Bertz CT molecular complexity index is 661. The third kappa shape index (κ3) is 6.84. The third-order valence-corrected chi connectivity index (χ3v) is 5.85. The van der Waals surface area contributed by atoms with Crippen molar-refractivity contribution in [2.45, 2.75) is 77.9 Å². The molecule has 7 nitrogen and oxygen atoms in total. The molecule has 2 fully saturated rings. The van der Waals surface area contributed by atoms with Gasteiger partial charge in [0.2, 0.25) is 5.91 Å². The van der Waals surface area contributed by atoms with Gasteiger partial charge in [-0.15, -0.1) is 0 Å². The van der Waals surface area contributed by atoms with Gasteiger partial charge in [0.1, 0.15) is 0 Å². The molecule has 0 aromatic carbocycles. The molecule has 2 heterocycles. The van der Waals surface area contributed by atoms with Crippen LogP contribution in [-0.4, -0.2) is 47.7 Å². The number of amides is 2. The Labute approximate surface area is 173 Å². The molecule has 1 N–H and O–H groups in total. The molecule has 1 aliphatic carbocycles. The van der Waals surface area contributed by atoms with Crippen LogP contribution >= 0.6 is 0 Å². The molecular formula is C22H35N3O4. The number of ether oxygens (including phenoxy) is 1. The number of carbonyl (C=O) groups excluding carboxylic acids is 2. The van der Waals surface area contributed by atoms with Gasteiger partial charge in [0, 0.05) is 32.2 Å². The molecule has 1 unspecified atom stereocenters. The Balaban J connectivity index is 1.58. The molecule has 1 saturated heterocycles. The van der Waals surface area contributed by atoms with E-state index in [1.807, 2.05) is 18.7 Å². The summed E-state index contributed by atoms with van der Waals surface area (Å²) in [4.78, 5) is 26.9. The Hall–Kier alpha value is -1.89. The normalized spacial score (nSPS) is 19.8. The first kappa shape index (κ1) is 21.8. The molecule has 0 spiro atoms. The molecule has 1 aromatic rings. The lowest BCUT2D eigenvalue weighted by molar-refractivity contribution is -0.134. The van der Waals surface area contributed by atoms with Crippen LogP contribution < -0.4 is 5.32 Å². The minimum Gasteiger partial charge on any atom is -0.376 e. The lowest BCUT2D eigenvalue weighted by Crippen LogP contribution is -2.37. The average Bonchev–Trinajstić information content (AvgIpc) is 3.46. The van der Waals surface area contributed by atoms with Gasteiger partial charge in [0.25, 0.3) is 5.91 Å². The third-order valence-electron chi connectivity index (χ3n) is 5.85. The molecule has 2 amide bonds. The highest BCUT2D eigenvalue weighted by atomic mass is 16.5. The maximum atomic E-state index is 12.9. The minimum atomic E-state index is -0.244. The molecule has 7 heteroatoms. The van der Waals surface area contributed by atoms with Gasteiger partial charge in [0.15, 0.2) is 11.5 Å². The van der Waals surface area contributed by atoms with E-state index < -0.39 is 0 Å². The van der Waals surface area contributed by atoms with Crippen molar-refractivity contribution < 1.29 is 18.8 Å². The largest absolute Gasteiger partial charge is 0.376 e. The van der Waals surface area contributed by atoms with Gasteiger partial charge in [-0.2, -0.15) is 0 Å². The van der Waals surface area contributed by atoms with Crippen molar-refractivity contribution in [3.63, 3.8) is 0 Å². The molecule has 162 valence electrons. The van der Waals surface area contributed by atoms with Crippen molar-refractivity contribution in [3.8, 4) is 0 Å². The van der Waals surface area contributed by atoms with Gasteiger partial charge in [0.05, 0.1) is 12.6 Å². The summed E-state index contributed by atoms with van der Waals surface area (Å²) in [6.45, 7) is 6.32. The number of nitrogens with one attached hydrogen (secondary N) is 1. The number of nitrogens with zero attached hydrogens (tertiary/aromatic N) is 2. The molecule has 0 radical (unpaired) electrons. The van der Waals surface area contributed by atoms with Crippen molar-refractivity contribution in [2.24, 2.45) is 11.8 Å². The first-order chi connectivity index (χ1) is 14.0. The number of hydrogen-bond acceptors (Lipinski definition) is 5. The summed E-state index contributed by atoms with van der Waals surface area (Å²) in [6, 6.07) is 1.64. The maximum Gasteiger partial charge on any atom is 0.273 e. The fourth-order valence-corrected chi connectivity index (χ4v) is 4.14. The molecule has 1 aliphatic heterocycles. The number of aromatic nitrogens is 1. The second-order valence-electron chi connectivity index (χ2n) is 8.88. The van der Waals surface area contributed by atoms with E-state index in [9.17, 15) is 9.59 Å². The van der Waals surface area contributed by atoms with E-state index >= 15 is 0 Å². The standard InChI is InChI=1S/C22H35N3O4/c1-16(2)13-23-22(27)20-12-19(29-24-20)15-25(14-18-8-5-11-28-18)21(26)10-9-17-6-3-4-7-17/h12,16-18H,3-11,13-15H2,1-2H3,(H,23,27). The second-order valence-corrected chi connectivity index (χ2v) is 8.88. The Kier molecular flexibility index (Phi) is 8.09. The first-order valence-electron chi connectivity index (χ1n) is 11.1. The zero-order valence-corrected chi connectivity index (χ0v) is 17.8. The molecule has 0 bridgehead atoms. The van der Waals surface area contributed by atoms with E-state index in [0.29, 0.717) is 43.7 Å². The van der Waals surface area contributed by atoms with Gasteiger partial charge < -0.3 is 19.5 Å². The summed E-state index contributed by atoms with van der Waals surface area (Å²) in [5.41, 5.74) is 0.260. The topological polar surface area (TPSA) is 84.7 Å². The van der Waals surface area contributed by atoms with Crippen molar-refractivity contribution in [1.29, 1.82) is 0 Å². The number of hydrogen-bond donors (Lipinski definition) is 1. The van der Waals surface area contributed by atoms with Crippen LogP contribution in [-0.2, 0) is 16.1 Å². The SMILES string of the molecule is CC(C)CNC(=O)c1cc(CN(CC2CCCO2)C(=O)CCC2CCCC2)on1. The monoisotopic (exact) mass is 405 g/mol. The molecule has 2 aliphatic rings. The van der Waals surface area contributed by atoms with Crippen molar-refractivity contribution in [1.82, 2.24) is 15.4 Å². The summed E-state index contributed by atoms with van der Waals surface area (Å²) in [5.74, 6) is 1.48. The van der Waals surface area contributed by atoms with Crippen LogP contribution in [0.15, 0.2) is 10.6 Å². The van der Waals surface area contributed by atoms with Gasteiger partial charge >= 0.3 is 0 Å². The zero-order chi connectivity index (χ0) is 20.6. The minimum absolute atomic E-state index is 0.0853. The van der Waals surface area contributed by atoms with Gasteiger partial charge in [-0.25, -0.2) is 0 Å². The fourth-order valence-electron chi connectivity index (χ4n) is 4.14. The zero-order valence-electron chi connectivity index (χ0n) is 17.8. The van der Waals surface area contributed by atoms with Crippen LogP contribution in [0.5, 0.6) is 0 Å². The van der Waals surface area contributed by atoms with Crippen molar-refractivity contribution in [3.05, 3.63) is 17.5 Å². The highest BCUT2D eigenvalue weighted by Crippen LogP contribution is 2.29. The fraction of sp³-hybridized carbons (Fsp3) is 0.773. The highest BCUT2D eigenvalue weighted by molar-refractivity contribution is 5.92. The second kappa shape index (κ2) is 10.8. The average molecular weight is 406 g/mol. The van der Waals surface area contributed by atoms with E-state index in [1.165, 1.54) is 25.7 Å². The lowest BCUT2D eigenvalue weighted by Gasteiger charge is -2.25. The van der Waals surface area contributed by atoms with Crippen LogP contribution in [0.1, 0.15) is 81.5 Å². The predicted octanol–water partition coefficient (Wildman–Crippen LogP) is 3.54. The molecule has 29 heavy (non-hydrogen) atoms. The predicted molar refractivity (Wildman–Crippen MR) is 109 cm³/mol. The van der Waals surface area contributed by atoms with Crippen LogP contribution in [0, 0.1) is 11.8 Å². The van der Waals surface area contributed by atoms with E-state index in [-0.39, 0.29) is 23.6 Å². The molecule has 1 aromatic heterocycles. The molecular weight excluding hydrogens is 370 g/mol. The van der Waals surface area contributed by atoms with E-state index in [0.717, 1.165) is 25.9 Å². The van der Waals surface area contributed by atoms with Gasteiger partial charge in [-0.05, 0) is 31.1 Å². The number of rotatable bonds is 10. The van der Waals surface area contributed by atoms with Crippen LogP contribution in [0.25, 0.3) is 0 Å². The van der Waals surface area contributed by atoms with E-state index in [1.54, 1.807) is 6.07 Å². The first-order valence-corrected chi connectivity index (χ1v) is 11.1. The molecule has 1 atom stereocenters. The maximum absolute atomic E-state index is 12.9. The lowest BCUT2D eigenvalue weighted by atomic mass is 10.0. The van der Waals surface area contributed by atoms with E-state index in [2.05, 4.69) is 10.5 Å². The smallest absolute Gasteiger partial charge is 0.273 e. The Morgan fingerprint density at radius 2 is 2.03 bits per heavy atom. The number of carbonyl (C=O) groups is 2. The molecule has 1 saturated carbocycles. The van der Waals surface area contributed by atoms with Gasteiger partial charge in [-0.1, -0.05) is 44.7 Å². The van der Waals surface area contributed by atoms with E-state index in [4.69, 9.17) is 9.26 Å². The quantitative estimate of drug-likeness (QED) is 0.644. The highest BCUT2D eigenvalue weighted by Gasteiger charge is 2.25. The Morgan fingerprint density at radius 1 is 1.24 bits per heavy atom. The van der Waals surface area contributed by atoms with Crippen LogP contribution in [0.4, 0.5) is 0 Å². The van der Waals surface area contributed by atoms with Crippen molar-refractivity contribution in [2.75, 3.05) is 19.7 Å². The summed E-state index contributed by atoms with van der Waals surface area (Å²) in [7, 11) is 0. The summed E-state index contributed by atoms with van der Waals surface area (Å²) < 4.78 is 11.1. The van der Waals surface area contributed by atoms with Crippen LogP contribution in [0.3, 0.4) is 0 Å². The summed E-state index contributed by atoms with van der Waals surface area (Å²) in [5, 5.41) is 6.73. The van der Waals surface area contributed by atoms with Crippen molar-refractivity contribution >= 4 is 11.8 Å². The summed E-state index contributed by atoms with van der Waals surface area (Å²) in [6.07, 6.45) is 8.70. The summed E-state index contributed by atoms with van der Waals surface area (Å²) >= 11 is 0. The van der Waals surface area contributed by atoms with Gasteiger partial charge in [-0.3, -0.25) is 9.59 Å². The molecule has 3 rings (SSSR count). The van der Waals surface area contributed by atoms with Crippen LogP contribution in [0.2, 0.25) is 0 Å².